The smallest absolute Gasteiger partial charge is 0.192 e. The Hall–Kier alpha value is -3.19. The summed E-state index contributed by atoms with van der Waals surface area (Å²) in [5.74, 6) is 2.60. The molecule has 4 rings (SSSR count). The molecule has 1 aromatic heterocycles. The van der Waals surface area contributed by atoms with E-state index in [2.05, 4.69) is 68.2 Å². The molecule has 1 aliphatic rings. The predicted molar refractivity (Wildman–Crippen MR) is 128 cm³/mol. The summed E-state index contributed by atoms with van der Waals surface area (Å²) in [6.45, 7) is 6.17. The number of rotatable bonds is 8. The number of hydrogen-bond acceptors (Lipinski definition) is 4. The molecule has 0 saturated carbocycles. The summed E-state index contributed by atoms with van der Waals surface area (Å²) >= 11 is 0. The van der Waals surface area contributed by atoms with Crippen LogP contribution in [0.25, 0.3) is 0 Å². The van der Waals surface area contributed by atoms with Crippen molar-refractivity contribution < 1.29 is 0 Å². The van der Waals surface area contributed by atoms with Gasteiger partial charge in [-0.3, -0.25) is 4.90 Å². The number of aliphatic imine (C=N–C) groups is 1. The Bertz CT molecular complexity index is 998. The summed E-state index contributed by atoms with van der Waals surface area (Å²) in [6.07, 6.45) is 2.44. The topological polar surface area (TPSA) is 70.4 Å². The zero-order chi connectivity index (χ0) is 22.2. The van der Waals surface area contributed by atoms with Crippen molar-refractivity contribution in [3.05, 3.63) is 83.4 Å². The average molecular weight is 432 g/mol. The quantitative estimate of drug-likeness (QED) is 0.424. The van der Waals surface area contributed by atoms with Gasteiger partial charge in [0, 0.05) is 26.2 Å². The first-order valence-corrected chi connectivity index (χ1v) is 11.4. The molecular weight excluding hydrogens is 398 g/mol. The van der Waals surface area contributed by atoms with Gasteiger partial charge in [-0.05, 0) is 37.4 Å². The standard InChI is InChI=1S/C25H33N7/c1-20-29-30-24(31(20)2)18-28-25(26-16-21-10-5-3-6-11-21)27-17-23-14-9-15-32(23)19-22-12-7-4-8-13-22/h3-8,10-13,23H,9,14-19H2,1-2H3,(H2,26,27,28). The summed E-state index contributed by atoms with van der Waals surface area (Å²) < 4.78 is 2.00. The maximum Gasteiger partial charge on any atom is 0.192 e. The molecule has 3 aromatic rings. The van der Waals surface area contributed by atoms with Crippen LogP contribution >= 0.6 is 0 Å². The molecule has 32 heavy (non-hydrogen) atoms. The van der Waals surface area contributed by atoms with Crippen LogP contribution in [0.1, 0.15) is 35.6 Å². The predicted octanol–water partition coefficient (Wildman–Crippen LogP) is 3.02. The molecule has 168 valence electrons. The summed E-state index contributed by atoms with van der Waals surface area (Å²) in [5.41, 5.74) is 2.56. The first-order valence-electron chi connectivity index (χ1n) is 11.4. The average Bonchev–Trinajstić information content (AvgIpc) is 3.40. The molecular formula is C25H33N7. The van der Waals surface area contributed by atoms with Crippen LogP contribution in [0.2, 0.25) is 0 Å². The molecule has 1 unspecified atom stereocenters. The lowest BCUT2D eigenvalue weighted by atomic mass is 10.2. The number of guanidine groups is 1. The third kappa shape index (κ3) is 5.95. The Morgan fingerprint density at radius 2 is 1.72 bits per heavy atom. The van der Waals surface area contributed by atoms with Crippen molar-refractivity contribution in [2.45, 2.75) is 45.4 Å². The van der Waals surface area contributed by atoms with E-state index in [0.717, 1.165) is 37.2 Å². The number of aromatic nitrogens is 3. The highest BCUT2D eigenvalue weighted by Gasteiger charge is 2.24. The minimum Gasteiger partial charge on any atom is -0.355 e. The lowest BCUT2D eigenvalue weighted by molar-refractivity contribution is 0.245. The van der Waals surface area contributed by atoms with Crippen LogP contribution in [0.15, 0.2) is 65.7 Å². The molecule has 2 N–H and O–H groups in total. The molecule has 1 fully saturated rings. The van der Waals surface area contributed by atoms with Crippen LogP contribution in [-0.4, -0.2) is 44.8 Å². The zero-order valence-corrected chi connectivity index (χ0v) is 19.0. The number of likely N-dealkylation sites (tertiary alicyclic amines) is 1. The fourth-order valence-corrected chi connectivity index (χ4v) is 4.06. The van der Waals surface area contributed by atoms with Crippen LogP contribution in [0.3, 0.4) is 0 Å². The van der Waals surface area contributed by atoms with Crippen molar-refractivity contribution in [2.24, 2.45) is 12.0 Å². The van der Waals surface area contributed by atoms with Gasteiger partial charge in [0.25, 0.3) is 0 Å². The van der Waals surface area contributed by atoms with Gasteiger partial charge in [0.05, 0.1) is 13.1 Å². The Morgan fingerprint density at radius 1 is 1.00 bits per heavy atom. The second-order valence-corrected chi connectivity index (χ2v) is 8.36. The maximum atomic E-state index is 4.83. The third-order valence-electron chi connectivity index (χ3n) is 6.09. The van der Waals surface area contributed by atoms with Gasteiger partial charge in [0.2, 0.25) is 0 Å². The Balaban J connectivity index is 1.39. The Kier molecular flexibility index (Phi) is 7.51. The van der Waals surface area contributed by atoms with E-state index in [4.69, 9.17) is 4.99 Å². The second kappa shape index (κ2) is 10.9. The molecule has 0 radical (unpaired) electrons. The van der Waals surface area contributed by atoms with Gasteiger partial charge in [-0.25, -0.2) is 4.99 Å². The van der Waals surface area contributed by atoms with Crippen LogP contribution in [0, 0.1) is 6.92 Å². The molecule has 1 saturated heterocycles. The molecule has 7 heteroatoms. The summed E-state index contributed by atoms with van der Waals surface area (Å²) in [4.78, 5) is 7.41. The van der Waals surface area contributed by atoms with E-state index >= 15 is 0 Å². The van der Waals surface area contributed by atoms with Gasteiger partial charge in [0.1, 0.15) is 5.82 Å². The maximum absolute atomic E-state index is 4.83. The normalized spacial score (nSPS) is 16.9. The van der Waals surface area contributed by atoms with Crippen LogP contribution < -0.4 is 10.6 Å². The number of nitrogens with zero attached hydrogens (tertiary/aromatic N) is 5. The van der Waals surface area contributed by atoms with Gasteiger partial charge in [-0.1, -0.05) is 60.7 Å². The molecule has 0 aliphatic carbocycles. The number of benzene rings is 2. The molecule has 0 amide bonds. The minimum atomic E-state index is 0.496. The highest BCUT2D eigenvalue weighted by Crippen LogP contribution is 2.19. The molecule has 1 atom stereocenters. The molecule has 2 aromatic carbocycles. The van der Waals surface area contributed by atoms with Crippen molar-refractivity contribution in [3.8, 4) is 0 Å². The highest BCUT2D eigenvalue weighted by molar-refractivity contribution is 5.79. The van der Waals surface area contributed by atoms with Gasteiger partial charge < -0.3 is 15.2 Å². The van der Waals surface area contributed by atoms with Crippen molar-refractivity contribution in [3.63, 3.8) is 0 Å². The van der Waals surface area contributed by atoms with Gasteiger partial charge in [0.15, 0.2) is 11.8 Å². The fraction of sp³-hybridized carbons (Fsp3) is 0.400. The third-order valence-corrected chi connectivity index (χ3v) is 6.09. The summed E-state index contributed by atoms with van der Waals surface area (Å²) in [5, 5.41) is 15.4. The SMILES string of the molecule is Cc1nnc(CNC(=NCc2ccccc2)NCC2CCCN2Cc2ccccc2)n1C. The van der Waals surface area contributed by atoms with E-state index in [1.807, 2.05) is 36.7 Å². The monoisotopic (exact) mass is 431 g/mol. The first kappa shape index (κ1) is 22.0. The minimum absolute atomic E-state index is 0.496. The molecule has 0 bridgehead atoms. The van der Waals surface area contributed by atoms with E-state index in [1.54, 1.807) is 0 Å². The number of nitrogens with one attached hydrogen (secondary N) is 2. The van der Waals surface area contributed by atoms with Crippen molar-refractivity contribution in [1.82, 2.24) is 30.3 Å². The van der Waals surface area contributed by atoms with Crippen LogP contribution in [-0.2, 0) is 26.7 Å². The van der Waals surface area contributed by atoms with E-state index in [1.165, 1.54) is 24.0 Å². The van der Waals surface area contributed by atoms with Gasteiger partial charge >= 0.3 is 0 Å². The summed E-state index contributed by atoms with van der Waals surface area (Å²) in [6, 6.07) is 21.6. The molecule has 1 aliphatic heterocycles. The lowest BCUT2D eigenvalue weighted by Gasteiger charge is -2.25. The van der Waals surface area contributed by atoms with E-state index in [0.29, 0.717) is 19.1 Å². The Morgan fingerprint density at radius 3 is 2.41 bits per heavy atom. The first-order chi connectivity index (χ1) is 15.7. The Labute approximate surface area is 190 Å². The molecule has 2 heterocycles. The lowest BCUT2D eigenvalue weighted by Crippen LogP contribution is -2.44. The van der Waals surface area contributed by atoms with Crippen molar-refractivity contribution in [1.29, 1.82) is 0 Å². The molecule has 0 spiro atoms. The largest absolute Gasteiger partial charge is 0.355 e. The zero-order valence-electron chi connectivity index (χ0n) is 19.0. The van der Waals surface area contributed by atoms with Crippen molar-refractivity contribution in [2.75, 3.05) is 13.1 Å². The highest BCUT2D eigenvalue weighted by atomic mass is 15.3. The van der Waals surface area contributed by atoms with Crippen LogP contribution in [0.5, 0.6) is 0 Å². The fourth-order valence-electron chi connectivity index (χ4n) is 4.06. The number of hydrogen-bond donors (Lipinski definition) is 2. The van der Waals surface area contributed by atoms with Crippen LogP contribution in [0.4, 0.5) is 0 Å². The van der Waals surface area contributed by atoms with E-state index in [-0.39, 0.29) is 0 Å². The van der Waals surface area contributed by atoms with Gasteiger partial charge in [-0.2, -0.15) is 0 Å². The molecule has 7 nitrogen and oxygen atoms in total. The van der Waals surface area contributed by atoms with E-state index < -0.39 is 0 Å². The van der Waals surface area contributed by atoms with E-state index in [9.17, 15) is 0 Å². The second-order valence-electron chi connectivity index (χ2n) is 8.36. The number of aryl methyl sites for hydroxylation is 1. The van der Waals surface area contributed by atoms with Crippen molar-refractivity contribution >= 4 is 5.96 Å². The van der Waals surface area contributed by atoms with Gasteiger partial charge in [-0.15, -0.1) is 10.2 Å². The summed E-state index contributed by atoms with van der Waals surface area (Å²) in [7, 11) is 1.99.